The van der Waals surface area contributed by atoms with Gasteiger partial charge in [0, 0.05) is 24.3 Å². The number of carbonyl (C=O) groups excluding carboxylic acids is 1. The van der Waals surface area contributed by atoms with Crippen molar-refractivity contribution >= 4 is 17.3 Å². The molecule has 0 bridgehead atoms. The van der Waals surface area contributed by atoms with Gasteiger partial charge >= 0.3 is 0 Å². The smallest absolute Gasteiger partial charge is 0.294 e. The number of hydrogen-bond donors (Lipinski definition) is 2. The third-order valence-corrected chi connectivity index (χ3v) is 5.04. The lowest BCUT2D eigenvalue weighted by atomic mass is 10.1. The number of rotatable bonds is 7. The average molecular weight is 421 g/mol. The number of aryl methyl sites for hydroxylation is 3. The maximum atomic E-state index is 12.8. The first kappa shape index (κ1) is 22.1. The van der Waals surface area contributed by atoms with Crippen molar-refractivity contribution in [2.75, 3.05) is 5.32 Å². The lowest BCUT2D eigenvalue weighted by Crippen LogP contribution is -2.31. The number of carbonyl (C=O) groups is 1. The highest BCUT2D eigenvalue weighted by atomic mass is 16.5. The van der Waals surface area contributed by atoms with E-state index in [9.17, 15) is 9.59 Å². The minimum atomic E-state index is -0.336. The summed E-state index contributed by atoms with van der Waals surface area (Å²) in [6, 6.07) is 12.9. The average Bonchev–Trinajstić information content (AvgIpc) is 2.75. The summed E-state index contributed by atoms with van der Waals surface area (Å²) in [4.78, 5) is 25.3. The van der Waals surface area contributed by atoms with Crippen LogP contribution in [-0.2, 0) is 7.05 Å². The van der Waals surface area contributed by atoms with E-state index < -0.39 is 0 Å². The largest absolute Gasteiger partial charge is 0.453 e. The Hall–Kier alpha value is -3.61. The van der Waals surface area contributed by atoms with Crippen molar-refractivity contribution in [1.82, 2.24) is 15.1 Å². The van der Waals surface area contributed by atoms with E-state index in [1.807, 2.05) is 45.9 Å². The van der Waals surface area contributed by atoms with E-state index in [1.165, 1.54) is 10.9 Å². The molecule has 0 saturated carbocycles. The minimum Gasteiger partial charge on any atom is -0.453 e. The molecule has 31 heavy (non-hydrogen) atoms. The van der Waals surface area contributed by atoms with E-state index in [2.05, 4.69) is 15.7 Å². The summed E-state index contributed by atoms with van der Waals surface area (Å²) in [6.07, 6.45) is 2.35. The molecule has 3 aromatic rings. The van der Waals surface area contributed by atoms with Crippen LogP contribution in [0.15, 0.2) is 53.5 Å². The van der Waals surface area contributed by atoms with Gasteiger partial charge in [-0.3, -0.25) is 9.59 Å². The molecule has 0 spiro atoms. The zero-order valence-corrected chi connectivity index (χ0v) is 18.5. The van der Waals surface area contributed by atoms with Crippen LogP contribution in [0.2, 0.25) is 0 Å². The molecule has 0 saturated heterocycles. The van der Waals surface area contributed by atoms with E-state index in [4.69, 9.17) is 4.74 Å². The lowest BCUT2D eigenvalue weighted by molar-refractivity contribution is 0.0939. The molecular formula is C24H28N4O3. The molecule has 1 heterocycles. The number of nitrogens with one attached hydrogen (secondary N) is 2. The van der Waals surface area contributed by atoms with E-state index >= 15 is 0 Å². The zero-order valence-electron chi connectivity index (χ0n) is 18.5. The number of aromatic nitrogens is 2. The van der Waals surface area contributed by atoms with Crippen LogP contribution >= 0.6 is 0 Å². The number of benzene rings is 2. The van der Waals surface area contributed by atoms with Gasteiger partial charge in [0.05, 0.1) is 6.20 Å². The summed E-state index contributed by atoms with van der Waals surface area (Å²) in [6.45, 7) is 7.92. The summed E-state index contributed by atoms with van der Waals surface area (Å²) in [5.41, 5.74) is 3.10. The summed E-state index contributed by atoms with van der Waals surface area (Å²) in [5, 5.41) is 10.1. The third-order valence-electron chi connectivity index (χ3n) is 5.04. The highest BCUT2D eigenvalue weighted by Crippen LogP contribution is 2.30. The van der Waals surface area contributed by atoms with Crippen molar-refractivity contribution in [1.29, 1.82) is 0 Å². The van der Waals surface area contributed by atoms with Crippen LogP contribution in [0.1, 0.15) is 41.8 Å². The summed E-state index contributed by atoms with van der Waals surface area (Å²) >= 11 is 0. The van der Waals surface area contributed by atoms with Gasteiger partial charge in [-0.15, -0.1) is 0 Å². The predicted molar refractivity (Wildman–Crippen MR) is 122 cm³/mol. The summed E-state index contributed by atoms with van der Waals surface area (Å²) < 4.78 is 7.26. The molecule has 0 radical (unpaired) electrons. The zero-order chi connectivity index (χ0) is 22.5. The van der Waals surface area contributed by atoms with Gasteiger partial charge in [-0.05, 0) is 57.0 Å². The van der Waals surface area contributed by atoms with Crippen molar-refractivity contribution in [3.05, 3.63) is 75.7 Å². The quantitative estimate of drug-likeness (QED) is 0.589. The topological polar surface area (TPSA) is 85.2 Å². The standard InChI is InChI=1S/C24H28N4O3/c1-6-17(4)26-23(29)18-8-7-9-19(13-18)27-22-21(14-25-28(5)24(22)30)31-20-11-10-15(2)12-16(20)3/h7-14,17,27H,6H2,1-5H3,(H,26,29)/t17-/m1/s1. The van der Waals surface area contributed by atoms with Crippen molar-refractivity contribution in [3.8, 4) is 11.5 Å². The van der Waals surface area contributed by atoms with Crippen LogP contribution in [0.25, 0.3) is 0 Å². The second kappa shape index (κ2) is 9.47. The summed E-state index contributed by atoms with van der Waals surface area (Å²) in [7, 11) is 1.57. The lowest BCUT2D eigenvalue weighted by Gasteiger charge is -2.15. The Morgan fingerprint density at radius 2 is 1.94 bits per heavy atom. The Bertz CT molecular complexity index is 1150. The van der Waals surface area contributed by atoms with Crippen molar-refractivity contribution < 1.29 is 9.53 Å². The fraction of sp³-hybridized carbons (Fsp3) is 0.292. The van der Waals surface area contributed by atoms with Gasteiger partial charge < -0.3 is 15.4 Å². The molecule has 0 unspecified atom stereocenters. The molecule has 0 fully saturated rings. The van der Waals surface area contributed by atoms with Crippen LogP contribution in [0.3, 0.4) is 0 Å². The molecule has 1 amide bonds. The number of hydrogen-bond acceptors (Lipinski definition) is 5. The number of nitrogens with zero attached hydrogens (tertiary/aromatic N) is 2. The first-order valence-corrected chi connectivity index (χ1v) is 10.3. The fourth-order valence-electron chi connectivity index (χ4n) is 3.04. The molecule has 0 aliphatic heterocycles. The van der Waals surface area contributed by atoms with Crippen LogP contribution in [-0.4, -0.2) is 21.7 Å². The van der Waals surface area contributed by atoms with Crippen LogP contribution < -0.4 is 20.9 Å². The fourth-order valence-corrected chi connectivity index (χ4v) is 3.04. The molecule has 1 atom stereocenters. The highest BCUT2D eigenvalue weighted by Gasteiger charge is 2.15. The molecule has 162 valence electrons. The maximum Gasteiger partial charge on any atom is 0.294 e. The third kappa shape index (κ3) is 5.31. The maximum absolute atomic E-state index is 12.8. The van der Waals surface area contributed by atoms with Gasteiger partial charge in [0.2, 0.25) is 0 Å². The molecule has 1 aromatic heterocycles. The number of anilines is 2. The first-order valence-electron chi connectivity index (χ1n) is 10.3. The normalized spacial score (nSPS) is 11.6. The predicted octanol–water partition coefficient (Wildman–Crippen LogP) is 4.46. The van der Waals surface area contributed by atoms with E-state index in [0.717, 1.165) is 17.5 Å². The van der Waals surface area contributed by atoms with Crippen LogP contribution in [0.4, 0.5) is 11.4 Å². The molecule has 2 N–H and O–H groups in total. The van der Waals surface area contributed by atoms with E-state index in [-0.39, 0.29) is 23.2 Å². The molecule has 3 rings (SSSR count). The van der Waals surface area contributed by atoms with E-state index in [1.54, 1.807) is 31.3 Å². The Balaban J connectivity index is 1.93. The Morgan fingerprint density at radius 1 is 1.16 bits per heavy atom. The minimum absolute atomic E-state index is 0.0781. The summed E-state index contributed by atoms with van der Waals surface area (Å²) in [5.74, 6) is 0.794. The van der Waals surface area contributed by atoms with Crippen molar-refractivity contribution in [2.24, 2.45) is 7.05 Å². The van der Waals surface area contributed by atoms with Gasteiger partial charge in [0.15, 0.2) is 11.4 Å². The molecule has 7 nitrogen and oxygen atoms in total. The van der Waals surface area contributed by atoms with Crippen molar-refractivity contribution in [3.63, 3.8) is 0 Å². The second-order valence-corrected chi connectivity index (χ2v) is 7.67. The Labute approximate surface area is 182 Å². The van der Waals surface area contributed by atoms with Gasteiger partial charge in [0.25, 0.3) is 11.5 Å². The SMILES string of the molecule is CC[C@@H](C)NC(=O)c1cccc(Nc2c(Oc3ccc(C)cc3C)cnn(C)c2=O)c1. The first-order chi connectivity index (χ1) is 14.8. The molecule has 0 aliphatic rings. The van der Waals surface area contributed by atoms with Gasteiger partial charge in [0.1, 0.15) is 5.75 Å². The molecule has 2 aromatic carbocycles. The second-order valence-electron chi connectivity index (χ2n) is 7.67. The van der Waals surface area contributed by atoms with E-state index in [0.29, 0.717) is 22.7 Å². The monoisotopic (exact) mass is 420 g/mol. The molecular weight excluding hydrogens is 392 g/mol. The van der Waals surface area contributed by atoms with Gasteiger partial charge in [-0.1, -0.05) is 30.7 Å². The van der Waals surface area contributed by atoms with Crippen LogP contribution in [0, 0.1) is 13.8 Å². The van der Waals surface area contributed by atoms with Crippen molar-refractivity contribution in [2.45, 2.75) is 40.2 Å². The molecule has 7 heteroatoms. The number of ether oxygens (including phenoxy) is 1. The number of amides is 1. The highest BCUT2D eigenvalue weighted by molar-refractivity contribution is 5.95. The molecule has 0 aliphatic carbocycles. The van der Waals surface area contributed by atoms with Crippen LogP contribution in [0.5, 0.6) is 11.5 Å². The Morgan fingerprint density at radius 3 is 2.65 bits per heavy atom. The van der Waals surface area contributed by atoms with Gasteiger partial charge in [-0.2, -0.15) is 5.10 Å². The Kier molecular flexibility index (Phi) is 6.74. The van der Waals surface area contributed by atoms with Gasteiger partial charge in [-0.25, -0.2) is 4.68 Å².